The van der Waals surface area contributed by atoms with E-state index in [1.165, 1.54) is 12.1 Å². The molecule has 0 spiro atoms. The summed E-state index contributed by atoms with van der Waals surface area (Å²) in [6.45, 7) is 0.997. The lowest BCUT2D eigenvalue weighted by Crippen LogP contribution is -2.19. The maximum Gasteiger partial charge on any atom is 0.323 e. The van der Waals surface area contributed by atoms with Gasteiger partial charge in [-0.05, 0) is 48.5 Å². The number of carbonyl (C=O) groups excluding carboxylic acids is 1. The van der Waals surface area contributed by atoms with E-state index in [2.05, 4.69) is 15.4 Å². The molecule has 4 rings (SSSR count). The average molecular weight is 439 g/mol. The number of para-hydroxylation sites is 1. The number of sulfonamides is 1. The smallest absolute Gasteiger partial charge is 0.323 e. The average Bonchev–Trinajstić information content (AvgIpc) is 3.00. The van der Waals surface area contributed by atoms with Crippen LogP contribution >= 0.6 is 0 Å². The van der Waals surface area contributed by atoms with Gasteiger partial charge in [-0.1, -0.05) is 18.2 Å². The molecule has 0 fully saturated rings. The molecule has 0 unspecified atom stereocenters. The predicted molar refractivity (Wildman–Crippen MR) is 118 cm³/mol. The summed E-state index contributed by atoms with van der Waals surface area (Å²) in [4.78, 5) is 12.1. The summed E-state index contributed by atoms with van der Waals surface area (Å²) in [5.41, 5.74) is 1.55. The SMILES string of the molecule is O=C(Nc1ccccc1)Nc1ccc(NS(=O)(=O)c2ccc3c(c2)OCCCO3)cc1. The molecule has 2 amide bonds. The Morgan fingerprint density at radius 3 is 2.06 bits per heavy atom. The summed E-state index contributed by atoms with van der Waals surface area (Å²) < 4.78 is 39.1. The highest BCUT2D eigenvalue weighted by Crippen LogP contribution is 2.32. The molecule has 1 aliphatic rings. The van der Waals surface area contributed by atoms with Crippen LogP contribution in [0.2, 0.25) is 0 Å². The number of amides is 2. The molecule has 8 nitrogen and oxygen atoms in total. The van der Waals surface area contributed by atoms with Gasteiger partial charge in [0.25, 0.3) is 10.0 Å². The van der Waals surface area contributed by atoms with E-state index in [1.807, 2.05) is 18.2 Å². The first kappa shape index (κ1) is 20.5. The van der Waals surface area contributed by atoms with Crippen molar-refractivity contribution in [2.45, 2.75) is 11.3 Å². The third-order valence-electron chi connectivity index (χ3n) is 4.46. The Balaban J connectivity index is 1.41. The molecule has 1 aliphatic heterocycles. The monoisotopic (exact) mass is 439 g/mol. The standard InChI is InChI=1S/C22H21N3O5S/c26-22(23-16-5-2-1-3-6-16)24-17-7-9-18(10-8-17)25-31(27,28)19-11-12-20-21(15-19)30-14-4-13-29-20/h1-3,5-12,15,25H,4,13-14H2,(H2,23,24,26). The van der Waals surface area contributed by atoms with Gasteiger partial charge in [-0.2, -0.15) is 0 Å². The highest BCUT2D eigenvalue weighted by atomic mass is 32.2. The lowest BCUT2D eigenvalue weighted by atomic mass is 10.3. The van der Waals surface area contributed by atoms with Gasteiger partial charge < -0.3 is 20.1 Å². The molecule has 1 heterocycles. The number of carbonyl (C=O) groups is 1. The van der Waals surface area contributed by atoms with Gasteiger partial charge in [0, 0.05) is 29.5 Å². The van der Waals surface area contributed by atoms with Gasteiger partial charge >= 0.3 is 6.03 Å². The predicted octanol–water partition coefficient (Wildman–Crippen LogP) is 4.29. The Bertz CT molecular complexity index is 1170. The van der Waals surface area contributed by atoms with E-state index in [9.17, 15) is 13.2 Å². The molecule has 3 N–H and O–H groups in total. The molecule has 9 heteroatoms. The number of fused-ring (bicyclic) bond motifs is 1. The van der Waals surface area contributed by atoms with Gasteiger partial charge in [0.1, 0.15) is 0 Å². The number of ether oxygens (including phenoxy) is 2. The second-order valence-electron chi connectivity index (χ2n) is 6.79. The molecule has 3 aromatic carbocycles. The summed E-state index contributed by atoms with van der Waals surface area (Å²) in [6.07, 6.45) is 0.735. The Morgan fingerprint density at radius 2 is 1.35 bits per heavy atom. The second kappa shape index (κ2) is 8.97. The summed E-state index contributed by atoms with van der Waals surface area (Å²) >= 11 is 0. The van der Waals surface area contributed by atoms with Crippen LogP contribution in [0.3, 0.4) is 0 Å². The fraction of sp³-hybridized carbons (Fsp3) is 0.136. The van der Waals surface area contributed by atoms with E-state index in [1.54, 1.807) is 42.5 Å². The van der Waals surface area contributed by atoms with E-state index < -0.39 is 16.1 Å². The first-order valence-electron chi connectivity index (χ1n) is 9.65. The number of urea groups is 1. The van der Waals surface area contributed by atoms with Crippen molar-refractivity contribution in [3.8, 4) is 11.5 Å². The van der Waals surface area contributed by atoms with Crippen LogP contribution in [-0.2, 0) is 10.0 Å². The maximum absolute atomic E-state index is 12.8. The van der Waals surface area contributed by atoms with Gasteiger partial charge in [0.15, 0.2) is 11.5 Å². The van der Waals surface area contributed by atoms with Crippen LogP contribution in [0.5, 0.6) is 11.5 Å². The minimum atomic E-state index is -3.82. The maximum atomic E-state index is 12.8. The Labute approximate surface area is 180 Å². The summed E-state index contributed by atoms with van der Waals surface area (Å²) in [6, 6.07) is 19.5. The van der Waals surface area contributed by atoms with Crippen molar-refractivity contribution < 1.29 is 22.7 Å². The molecule has 160 valence electrons. The summed E-state index contributed by atoms with van der Waals surface area (Å²) in [7, 11) is -3.82. The number of rotatable bonds is 5. The lowest BCUT2D eigenvalue weighted by molar-refractivity contribution is 0.262. The van der Waals surface area contributed by atoms with Gasteiger partial charge in [-0.15, -0.1) is 0 Å². The van der Waals surface area contributed by atoms with Crippen molar-refractivity contribution in [1.29, 1.82) is 0 Å². The highest BCUT2D eigenvalue weighted by Gasteiger charge is 2.19. The Morgan fingerprint density at radius 1 is 0.742 bits per heavy atom. The first-order chi connectivity index (χ1) is 15.0. The fourth-order valence-corrected chi connectivity index (χ4v) is 4.03. The largest absolute Gasteiger partial charge is 0.490 e. The van der Waals surface area contributed by atoms with E-state index in [0.717, 1.165) is 6.42 Å². The van der Waals surface area contributed by atoms with Crippen molar-refractivity contribution >= 4 is 33.1 Å². The quantitative estimate of drug-likeness (QED) is 0.550. The van der Waals surface area contributed by atoms with Crippen molar-refractivity contribution in [3.05, 3.63) is 72.8 Å². The van der Waals surface area contributed by atoms with E-state index in [0.29, 0.717) is 41.8 Å². The summed E-state index contributed by atoms with van der Waals surface area (Å²) in [5.74, 6) is 0.935. The molecule has 0 atom stereocenters. The van der Waals surface area contributed by atoms with E-state index in [-0.39, 0.29) is 4.90 Å². The minimum absolute atomic E-state index is 0.0705. The molecule has 0 aliphatic carbocycles. The van der Waals surface area contributed by atoms with Crippen molar-refractivity contribution in [3.63, 3.8) is 0 Å². The van der Waals surface area contributed by atoms with E-state index >= 15 is 0 Å². The number of hydrogen-bond acceptors (Lipinski definition) is 5. The molecule has 31 heavy (non-hydrogen) atoms. The normalized spacial score (nSPS) is 13.0. The van der Waals surface area contributed by atoms with Crippen LogP contribution in [0, 0.1) is 0 Å². The van der Waals surface area contributed by atoms with Gasteiger partial charge in [-0.25, -0.2) is 13.2 Å². The van der Waals surface area contributed by atoms with Crippen LogP contribution in [0.1, 0.15) is 6.42 Å². The van der Waals surface area contributed by atoms with Crippen LogP contribution in [0.4, 0.5) is 21.9 Å². The van der Waals surface area contributed by atoms with Crippen LogP contribution in [0.25, 0.3) is 0 Å². The zero-order valence-corrected chi connectivity index (χ0v) is 17.3. The molecule has 3 aromatic rings. The minimum Gasteiger partial charge on any atom is -0.490 e. The molecule has 0 radical (unpaired) electrons. The molecule has 0 bridgehead atoms. The molecule has 0 saturated carbocycles. The van der Waals surface area contributed by atoms with Crippen molar-refractivity contribution in [2.24, 2.45) is 0 Å². The first-order valence-corrected chi connectivity index (χ1v) is 11.1. The van der Waals surface area contributed by atoms with Crippen LogP contribution in [-0.4, -0.2) is 27.7 Å². The van der Waals surface area contributed by atoms with Crippen LogP contribution < -0.4 is 24.8 Å². The molecule has 0 aromatic heterocycles. The number of nitrogens with one attached hydrogen (secondary N) is 3. The van der Waals surface area contributed by atoms with Crippen LogP contribution in [0.15, 0.2) is 77.7 Å². The molecule has 0 saturated heterocycles. The molecular weight excluding hydrogens is 418 g/mol. The fourth-order valence-electron chi connectivity index (χ4n) is 2.96. The zero-order chi connectivity index (χ0) is 21.7. The second-order valence-corrected chi connectivity index (χ2v) is 8.47. The zero-order valence-electron chi connectivity index (χ0n) is 16.5. The van der Waals surface area contributed by atoms with Crippen molar-refractivity contribution in [1.82, 2.24) is 0 Å². The third-order valence-corrected chi connectivity index (χ3v) is 5.83. The number of hydrogen-bond donors (Lipinski definition) is 3. The molecular formula is C22H21N3O5S. The Kier molecular flexibility index (Phi) is 5.94. The van der Waals surface area contributed by atoms with Gasteiger partial charge in [0.05, 0.1) is 18.1 Å². The number of anilines is 3. The lowest BCUT2D eigenvalue weighted by Gasteiger charge is -2.12. The highest BCUT2D eigenvalue weighted by molar-refractivity contribution is 7.92. The summed E-state index contributed by atoms with van der Waals surface area (Å²) in [5, 5.41) is 5.40. The Hall–Kier alpha value is -3.72. The third kappa shape index (κ3) is 5.26. The van der Waals surface area contributed by atoms with Gasteiger partial charge in [0.2, 0.25) is 0 Å². The topological polar surface area (TPSA) is 106 Å². The van der Waals surface area contributed by atoms with Crippen molar-refractivity contribution in [2.75, 3.05) is 28.6 Å². The van der Waals surface area contributed by atoms with Gasteiger partial charge in [-0.3, -0.25) is 4.72 Å². The number of benzene rings is 3. The van der Waals surface area contributed by atoms with E-state index in [4.69, 9.17) is 9.47 Å².